The van der Waals surface area contributed by atoms with Crippen molar-refractivity contribution in [3.63, 3.8) is 0 Å². The summed E-state index contributed by atoms with van der Waals surface area (Å²) in [6, 6.07) is 3.75. The van der Waals surface area contributed by atoms with Crippen LogP contribution < -0.4 is 0 Å². The highest BCUT2D eigenvalue weighted by Gasteiger charge is 2.47. The summed E-state index contributed by atoms with van der Waals surface area (Å²) in [5.41, 5.74) is 0.330. The van der Waals surface area contributed by atoms with Crippen LogP contribution in [-0.2, 0) is 26.8 Å². The van der Waals surface area contributed by atoms with Gasteiger partial charge in [0.1, 0.15) is 0 Å². The van der Waals surface area contributed by atoms with Crippen LogP contribution in [0, 0.1) is 0 Å². The van der Waals surface area contributed by atoms with Crippen molar-refractivity contribution in [3.05, 3.63) is 30.4 Å². The van der Waals surface area contributed by atoms with Crippen molar-refractivity contribution in [3.8, 4) is 11.4 Å². The molecule has 156 valence electrons. The van der Waals surface area contributed by atoms with Gasteiger partial charge in [0.15, 0.2) is 11.6 Å². The van der Waals surface area contributed by atoms with E-state index in [9.17, 15) is 13.2 Å². The number of rotatable bonds is 3. The summed E-state index contributed by atoms with van der Waals surface area (Å²) in [5.74, 6) is 1.42. The number of piperidine rings is 1. The van der Waals surface area contributed by atoms with Crippen molar-refractivity contribution in [2.75, 3.05) is 32.5 Å². The van der Waals surface area contributed by atoms with Crippen molar-refractivity contribution in [2.24, 2.45) is 0 Å². The van der Waals surface area contributed by atoms with Crippen LogP contribution in [-0.4, -0.2) is 76.0 Å². The maximum Gasteiger partial charge on any atom is 0.409 e. The molecule has 1 amide bonds. The van der Waals surface area contributed by atoms with Gasteiger partial charge < -0.3 is 9.30 Å². The number of carbonyl (C=O) groups excluding carboxylic acids is 1. The third kappa shape index (κ3) is 3.38. The second-order valence-corrected chi connectivity index (χ2v) is 9.62. The van der Waals surface area contributed by atoms with Crippen LogP contribution in [0.2, 0.25) is 0 Å². The van der Waals surface area contributed by atoms with Gasteiger partial charge in [-0.25, -0.2) is 17.5 Å². The summed E-state index contributed by atoms with van der Waals surface area (Å²) in [5, 5.41) is 8.72. The van der Waals surface area contributed by atoms with Gasteiger partial charge in [-0.2, -0.15) is 0 Å². The van der Waals surface area contributed by atoms with Crippen LogP contribution in [0.25, 0.3) is 11.4 Å². The number of sulfonamides is 1. The minimum absolute atomic E-state index is 0.0765. The Kier molecular flexibility index (Phi) is 5.03. The second kappa shape index (κ2) is 7.38. The first-order chi connectivity index (χ1) is 13.9. The van der Waals surface area contributed by atoms with E-state index in [2.05, 4.69) is 19.7 Å². The molecule has 0 aliphatic carbocycles. The molecule has 0 unspecified atom stereocenters. The minimum Gasteiger partial charge on any atom is -0.453 e. The average Bonchev–Trinajstić information content (AvgIpc) is 3.19. The first-order valence-corrected chi connectivity index (χ1v) is 11.2. The Hall–Kier alpha value is -2.53. The lowest BCUT2D eigenvalue weighted by molar-refractivity contribution is 0.0503. The zero-order valence-electron chi connectivity index (χ0n) is 16.5. The predicted octanol–water partition coefficient (Wildman–Crippen LogP) is 1.06. The van der Waals surface area contributed by atoms with Crippen molar-refractivity contribution in [1.29, 1.82) is 0 Å². The van der Waals surface area contributed by atoms with Crippen LogP contribution in [0.5, 0.6) is 0 Å². The summed E-state index contributed by atoms with van der Waals surface area (Å²) in [4.78, 5) is 18.1. The largest absolute Gasteiger partial charge is 0.453 e. The summed E-state index contributed by atoms with van der Waals surface area (Å²) >= 11 is 0. The number of hydrogen-bond donors (Lipinski definition) is 0. The third-order valence-corrected chi connectivity index (χ3v) is 7.67. The highest BCUT2D eigenvalue weighted by atomic mass is 32.2. The molecule has 2 aliphatic heterocycles. The van der Waals surface area contributed by atoms with Crippen molar-refractivity contribution in [1.82, 2.24) is 29.0 Å². The van der Waals surface area contributed by atoms with Crippen molar-refractivity contribution < 1.29 is 17.9 Å². The first kappa shape index (κ1) is 19.8. The summed E-state index contributed by atoms with van der Waals surface area (Å²) in [6.45, 7) is 3.12. The van der Waals surface area contributed by atoms with Crippen LogP contribution in [0.3, 0.4) is 0 Å². The molecule has 0 saturated carbocycles. The monoisotopic (exact) mass is 420 g/mol. The van der Waals surface area contributed by atoms with E-state index in [4.69, 9.17) is 4.74 Å². The molecule has 1 saturated heterocycles. The lowest BCUT2D eigenvalue weighted by atomic mass is 9.85. The second-order valence-electron chi connectivity index (χ2n) is 7.37. The molecule has 11 heteroatoms. The number of hydrogen-bond acceptors (Lipinski definition) is 7. The molecule has 2 aromatic heterocycles. The third-order valence-electron chi connectivity index (χ3n) is 5.79. The maximum absolute atomic E-state index is 12.3. The topological polar surface area (TPSA) is 111 Å². The molecule has 0 aromatic carbocycles. The van der Waals surface area contributed by atoms with Gasteiger partial charge in [-0.3, -0.25) is 9.88 Å². The Morgan fingerprint density at radius 1 is 1.28 bits per heavy atom. The fourth-order valence-electron chi connectivity index (χ4n) is 4.26. The van der Waals surface area contributed by atoms with Gasteiger partial charge in [-0.1, -0.05) is 0 Å². The van der Waals surface area contributed by atoms with E-state index >= 15 is 0 Å². The highest BCUT2D eigenvalue weighted by Crippen LogP contribution is 2.39. The molecule has 29 heavy (non-hydrogen) atoms. The molecule has 0 radical (unpaired) electrons. The Morgan fingerprint density at radius 2 is 2.03 bits per heavy atom. The zero-order valence-corrected chi connectivity index (χ0v) is 17.3. The van der Waals surface area contributed by atoms with Crippen LogP contribution in [0.4, 0.5) is 4.79 Å². The summed E-state index contributed by atoms with van der Waals surface area (Å²) in [7, 11) is -1.91. The standard InChI is InChI=1S/C18H24N6O4S/c1-3-29(26,27)23-9-6-18(7-10-23)13-22(17(25)28-2)12-15-20-21-16(24(15)18)14-5-4-8-19-11-14/h4-5,8,11H,3,6-7,9-10,12-13H2,1-2H3. The Morgan fingerprint density at radius 3 is 2.66 bits per heavy atom. The number of carbonyl (C=O) groups is 1. The van der Waals surface area contributed by atoms with Gasteiger partial charge in [0, 0.05) is 37.6 Å². The van der Waals surface area contributed by atoms with Crippen molar-refractivity contribution in [2.45, 2.75) is 31.8 Å². The van der Waals surface area contributed by atoms with Crippen molar-refractivity contribution >= 4 is 16.1 Å². The maximum atomic E-state index is 12.3. The van der Waals surface area contributed by atoms with E-state index < -0.39 is 21.7 Å². The predicted molar refractivity (Wildman–Crippen MR) is 104 cm³/mol. The highest BCUT2D eigenvalue weighted by molar-refractivity contribution is 7.89. The summed E-state index contributed by atoms with van der Waals surface area (Å²) < 4.78 is 33.2. The molecule has 4 heterocycles. The lowest BCUT2D eigenvalue weighted by Gasteiger charge is -2.48. The normalized spacial score (nSPS) is 19.2. The molecule has 0 bridgehead atoms. The van der Waals surface area contributed by atoms with Gasteiger partial charge in [0.2, 0.25) is 10.0 Å². The fourth-order valence-corrected chi connectivity index (χ4v) is 5.36. The SMILES string of the molecule is CCS(=O)(=O)N1CCC2(CC1)CN(C(=O)OC)Cc1nnc(-c3cccnc3)n12. The number of methoxy groups -OCH3 is 1. The van der Waals surface area contributed by atoms with Gasteiger partial charge in [0.05, 0.1) is 24.9 Å². The number of nitrogens with zero attached hydrogens (tertiary/aromatic N) is 6. The molecule has 0 atom stereocenters. The van der Waals surface area contributed by atoms with E-state index in [1.54, 1.807) is 24.2 Å². The molecule has 2 aromatic rings. The molecule has 1 spiro atoms. The Bertz CT molecular complexity index is 999. The number of pyridine rings is 1. The quantitative estimate of drug-likeness (QED) is 0.730. The number of fused-ring (bicyclic) bond motifs is 2. The zero-order chi connectivity index (χ0) is 20.6. The van der Waals surface area contributed by atoms with Gasteiger partial charge in [-0.05, 0) is 31.9 Å². The Balaban J connectivity index is 1.75. The number of amides is 1. The fraction of sp³-hybridized carbons (Fsp3) is 0.556. The van der Waals surface area contributed by atoms with E-state index in [1.807, 2.05) is 12.1 Å². The minimum atomic E-state index is -3.26. The van der Waals surface area contributed by atoms with Gasteiger partial charge >= 0.3 is 6.09 Å². The lowest BCUT2D eigenvalue weighted by Crippen LogP contribution is -2.57. The van der Waals surface area contributed by atoms with E-state index in [0.717, 1.165) is 5.56 Å². The molecule has 1 fully saturated rings. The molecule has 4 rings (SSSR count). The van der Waals surface area contributed by atoms with E-state index in [1.165, 1.54) is 11.4 Å². The van der Waals surface area contributed by atoms with Crippen LogP contribution >= 0.6 is 0 Å². The van der Waals surface area contributed by atoms with Gasteiger partial charge in [-0.15, -0.1) is 10.2 Å². The molecule has 2 aliphatic rings. The smallest absolute Gasteiger partial charge is 0.409 e. The summed E-state index contributed by atoms with van der Waals surface area (Å²) in [6.07, 6.45) is 4.11. The van der Waals surface area contributed by atoms with E-state index in [0.29, 0.717) is 50.7 Å². The Labute approximate surface area is 169 Å². The number of aromatic nitrogens is 4. The average molecular weight is 420 g/mol. The number of ether oxygens (including phenoxy) is 1. The van der Waals surface area contributed by atoms with E-state index in [-0.39, 0.29) is 5.75 Å². The molecular weight excluding hydrogens is 396 g/mol. The molecule has 10 nitrogen and oxygen atoms in total. The molecular formula is C18H24N6O4S. The first-order valence-electron chi connectivity index (χ1n) is 9.56. The molecule has 0 N–H and O–H groups in total. The van der Waals surface area contributed by atoms with Crippen LogP contribution in [0.15, 0.2) is 24.5 Å². The van der Waals surface area contributed by atoms with Crippen LogP contribution in [0.1, 0.15) is 25.6 Å². The van der Waals surface area contributed by atoms with Gasteiger partial charge in [0.25, 0.3) is 0 Å².